The topological polar surface area (TPSA) is 40.5 Å². The predicted octanol–water partition coefficient (Wildman–Crippen LogP) is 3.97. The summed E-state index contributed by atoms with van der Waals surface area (Å²) in [6, 6.07) is 0. The summed E-state index contributed by atoms with van der Waals surface area (Å²) in [5, 5.41) is 20.0. The number of halogens is 1. The first kappa shape index (κ1) is 15.1. The lowest BCUT2D eigenvalue weighted by atomic mass is 9.47. The highest BCUT2D eigenvalue weighted by Crippen LogP contribution is 2.66. The van der Waals surface area contributed by atoms with Gasteiger partial charge in [-0.1, -0.05) is 18.6 Å². The Labute approximate surface area is 132 Å². The smallest absolute Gasteiger partial charge is 0.160 e. The van der Waals surface area contributed by atoms with Crippen molar-refractivity contribution >= 4 is 0 Å². The van der Waals surface area contributed by atoms with Crippen LogP contribution in [0.3, 0.4) is 0 Å². The first-order valence-electron chi connectivity index (χ1n) is 9.20. The molecule has 0 aromatic heterocycles. The first-order valence-corrected chi connectivity index (χ1v) is 9.20. The SMILES string of the molecule is C[C@]12CCCC=C1CC[C@@H]1[C@H]2CC[C@]2(C(O)O)C(F)CC[C@@H]12. The van der Waals surface area contributed by atoms with Gasteiger partial charge in [0.1, 0.15) is 6.17 Å². The minimum Gasteiger partial charge on any atom is -0.368 e. The quantitative estimate of drug-likeness (QED) is 0.568. The monoisotopic (exact) mass is 308 g/mol. The molecule has 0 aromatic carbocycles. The van der Waals surface area contributed by atoms with Crippen molar-refractivity contribution in [2.45, 2.75) is 77.2 Å². The molecule has 22 heavy (non-hydrogen) atoms. The minimum atomic E-state index is -1.49. The Morgan fingerprint density at radius 1 is 1.14 bits per heavy atom. The molecular weight excluding hydrogens is 279 g/mol. The van der Waals surface area contributed by atoms with E-state index in [9.17, 15) is 14.6 Å². The van der Waals surface area contributed by atoms with Gasteiger partial charge in [0, 0.05) is 0 Å². The fourth-order valence-corrected chi connectivity index (χ4v) is 6.90. The highest BCUT2D eigenvalue weighted by molar-refractivity contribution is 5.24. The number of hydrogen-bond acceptors (Lipinski definition) is 2. The number of rotatable bonds is 1. The summed E-state index contributed by atoms with van der Waals surface area (Å²) < 4.78 is 14.6. The zero-order valence-electron chi connectivity index (χ0n) is 13.6. The van der Waals surface area contributed by atoms with E-state index in [-0.39, 0.29) is 5.92 Å². The average molecular weight is 308 g/mol. The van der Waals surface area contributed by atoms with Gasteiger partial charge in [-0.25, -0.2) is 4.39 Å². The van der Waals surface area contributed by atoms with E-state index in [1.807, 2.05) is 0 Å². The van der Waals surface area contributed by atoms with Gasteiger partial charge in [-0.3, -0.25) is 0 Å². The van der Waals surface area contributed by atoms with E-state index >= 15 is 0 Å². The molecule has 0 saturated heterocycles. The Morgan fingerprint density at radius 3 is 2.73 bits per heavy atom. The maximum atomic E-state index is 14.6. The summed E-state index contributed by atoms with van der Waals surface area (Å²) >= 11 is 0. The van der Waals surface area contributed by atoms with Crippen LogP contribution in [0.15, 0.2) is 11.6 Å². The van der Waals surface area contributed by atoms with E-state index in [0.29, 0.717) is 30.1 Å². The normalized spacial score (nSPS) is 51.0. The molecule has 4 aliphatic carbocycles. The van der Waals surface area contributed by atoms with Crippen LogP contribution in [0.25, 0.3) is 0 Å². The molecule has 1 unspecified atom stereocenters. The number of fused-ring (bicyclic) bond motifs is 5. The molecule has 2 nitrogen and oxygen atoms in total. The van der Waals surface area contributed by atoms with Crippen molar-refractivity contribution in [2.24, 2.45) is 28.6 Å². The molecule has 0 aromatic rings. The number of allylic oxidation sites excluding steroid dienone is 2. The second kappa shape index (κ2) is 5.04. The predicted molar refractivity (Wildman–Crippen MR) is 83.8 cm³/mol. The van der Waals surface area contributed by atoms with Gasteiger partial charge in [0.05, 0.1) is 5.41 Å². The standard InChI is InChI=1S/C19H29FO2/c1-18-10-3-2-4-12(18)5-6-13-14(18)9-11-19(17(21)22)15(13)7-8-16(19)20/h4,13-17,21-22H,2-3,5-11H2,1H3/t13-,14-,15+,16?,18+,19-/m1/s1. The number of aliphatic hydroxyl groups is 2. The fraction of sp³-hybridized carbons (Fsp3) is 0.895. The summed E-state index contributed by atoms with van der Waals surface area (Å²) in [6.07, 6.45) is 8.94. The van der Waals surface area contributed by atoms with Gasteiger partial charge in [-0.15, -0.1) is 0 Å². The molecule has 3 fully saturated rings. The van der Waals surface area contributed by atoms with Crippen LogP contribution in [-0.4, -0.2) is 22.7 Å². The molecule has 3 saturated carbocycles. The van der Waals surface area contributed by atoms with Crippen LogP contribution in [0.2, 0.25) is 0 Å². The lowest BCUT2D eigenvalue weighted by Crippen LogP contribution is -2.55. The molecule has 2 N–H and O–H groups in total. The van der Waals surface area contributed by atoms with E-state index in [2.05, 4.69) is 13.0 Å². The van der Waals surface area contributed by atoms with Gasteiger partial charge in [0.2, 0.25) is 0 Å². The van der Waals surface area contributed by atoms with E-state index in [1.165, 1.54) is 19.3 Å². The molecule has 0 radical (unpaired) electrons. The van der Waals surface area contributed by atoms with Crippen LogP contribution in [0.1, 0.15) is 64.7 Å². The molecule has 6 atom stereocenters. The molecule has 0 amide bonds. The minimum absolute atomic E-state index is 0.168. The van der Waals surface area contributed by atoms with Gasteiger partial charge >= 0.3 is 0 Å². The van der Waals surface area contributed by atoms with Gasteiger partial charge in [0.15, 0.2) is 6.29 Å². The zero-order chi connectivity index (χ0) is 15.5. The Morgan fingerprint density at radius 2 is 1.95 bits per heavy atom. The van der Waals surface area contributed by atoms with Crippen LogP contribution in [0, 0.1) is 28.6 Å². The van der Waals surface area contributed by atoms with Crippen molar-refractivity contribution in [2.75, 3.05) is 0 Å². The molecule has 124 valence electrons. The van der Waals surface area contributed by atoms with Gasteiger partial charge in [-0.05, 0) is 81.0 Å². The zero-order valence-corrected chi connectivity index (χ0v) is 13.6. The van der Waals surface area contributed by atoms with E-state index in [1.54, 1.807) is 5.57 Å². The molecule has 4 aliphatic rings. The molecule has 0 spiro atoms. The molecular formula is C19H29FO2. The van der Waals surface area contributed by atoms with E-state index < -0.39 is 17.9 Å². The summed E-state index contributed by atoms with van der Waals surface area (Å²) in [6.45, 7) is 2.43. The second-order valence-electron chi connectivity index (χ2n) is 8.52. The molecule has 3 heteroatoms. The molecule has 0 aliphatic heterocycles. The third kappa shape index (κ3) is 1.78. The summed E-state index contributed by atoms with van der Waals surface area (Å²) in [7, 11) is 0. The summed E-state index contributed by atoms with van der Waals surface area (Å²) in [5.74, 6) is 1.27. The van der Waals surface area contributed by atoms with Crippen LogP contribution in [0.5, 0.6) is 0 Å². The molecule has 4 rings (SSSR count). The summed E-state index contributed by atoms with van der Waals surface area (Å²) in [4.78, 5) is 0. The van der Waals surface area contributed by atoms with Gasteiger partial charge in [0.25, 0.3) is 0 Å². The summed E-state index contributed by atoms with van der Waals surface area (Å²) in [5.41, 5.74) is 1.07. The van der Waals surface area contributed by atoms with Crippen LogP contribution in [-0.2, 0) is 0 Å². The van der Waals surface area contributed by atoms with E-state index in [0.717, 1.165) is 25.7 Å². The van der Waals surface area contributed by atoms with Crippen molar-refractivity contribution in [1.29, 1.82) is 0 Å². The van der Waals surface area contributed by atoms with Crippen molar-refractivity contribution < 1.29 is 14.6 Å². The highest BCUT2D eigenvalue weighted by Gasteiger charge is 2.63. The number of hydrogen-bond donors (Lipinski definition) is 2. The second-order valence-corrected chi connectivity index (χ2v) is 8.52. The first-order chi connectivity index (χ1) is 10.5. The van der Waals surface area contributed by atoms with Crippen LogP contribution < -0.4 is 0 Å². The lowest BCUT2D eigenvalue weighted by Gasteiger charge is -2.58. The van der Waals surface area contributed by atoms with E-state index in [4.69, 9.17) is 0 Å². The Hall–Kier alpha value is -0.410. The Balaban J connectivity index is 1.70. The lowest BCUT2D eigenvalue weighted by molar-refractivity contribution is -0.207. The van der Waals surface area contributed by atoms with Crippen LogP contribution >= 0.6 is 0 Å². The molecule has 0 heterocycles. The number of alkyl halides is 1. The largest absolute Gasteiger partial charge is 0.368 e. The number of aliphatic hydroxyl groups excluding tert-OH is 1. The fourth-order valence-electron chi connectivity index (χ4n) is 6.90. The highest BCUT2D eigenvalue weighted by atomic mass is 19.1. The van der Waals surface area contributed by atoms with Gasteiger partial charge in [-0.2, -0.15) is 0 Å². The van der Waals surface area contributed by atoms with Crippen LogP contribution in [0.4, 0.5) is 4.39 Å². The molecule has 0 bridgehead atoms. The Kier molecular flexibility index (Phi) is 3.47. The maximum Gasteiger partial charge on any atom is 0.160 e. The van der Waals surface area contributed by atoms with Crippen molar-refractivity contribution in [3.63, 3.8) is 0 Å². The third-order valence-corrected chi connectivity index (χ3v) is 8.00. The van der Waals surface area contributed by atoms with Crippen molar-refractivity contribution in [3.05, 3.63) is 11.6 Å². The Bertz CT molecular complexity index is 488. The maximum absolute atomic E-state index is 14.6. The third-order valence-electron chi connectivity index (χ3n) is 8.00. The average Bonchev–Trinajstić information content (AvgIpc) is 2.85. The van der Waals surface area contributed by atoms with Crippen molar-refractivity contribution in [1.82, 2.24) is 0 Å². The van der Waals surface area contributed by atoms with Gasteiger partial charge < -0.3 is 10.2 Å². The van der Waals surface area contributed by atoms with Crippen molar-refractivity contribution in [3.8, 4) is 0 Å².